The van der Waals surface area contributed by atoms with Crippen LogP contribution in [0.15, 0.2) is 47.4 Å². The summed E-state index contributed by atoms with van der Waals surface area (Å²) in [5.41, 5.74) is 1.85. The maximum Gasteiger partial charge on any atom is 0.257 e. The number of nitrogens with zero attached hydrogens (tertiary/aromatic N) is 1. The van der Waals surface area contributed by atoms with E-state index in [-0.39, 0.29) is 15.5 Å². The Kier molecular flexibility index (Phi) is 6.19. The highest BCUT2D eigenvalue weighted by molar-refractivity contribution is 7.89. The van der Waals surface area contributed by atoms with E-state index in [2.05, 4.69) is 5.32 Å². The second kappa shape index (κ2) is 8.42. The number of amides is 1. The molecule has 3 rings (SSSR count). The number of carbonyl (C=O) groups excluding carboxylic acids is 1. The molecule has 0 unspecified atom stereocenters. The maximum absolute atomic E-state index is 13.0. The largest absolute Gasteiger partial charge is 0.322 e. The molecular formula is C20H23ClN2O3S. The van der Waals surface area contributed by atoms with Gasteiger partial charge >= 0.3 is 0 Å². The van der Waals surface area contributed by atoms with Gasteiger partial charge in [-0.05, 0) is 50.1 Å². The second-order valence-corrected chi connectivity index (χ2v) is 9.13. The zero-order chi connectivity index (χ0) is 19.4. The van der Waals surface area contributed by atoms with Gasteiger partial charge in [-0.3, -0.25) is 4.79 Å². The fourth-order valence-corrected chi connectivity index (χ4v) is 4.85. The standard InChI is InChI=1S/C20H23ClN2O3S/c1-15-6-8-16(9-7-15)22-20(24)18-14-17(10-11-19(18)21)27(25,26)23-12-4-2-3-5-13-23/h6-11,14H,2-5,12-13H2,1H3,(H,22,24). The first-order valence-electron chi connectivity index (χ1n) is 9.05. The third kappa shape index (κ3) is 4.69. The molecule has 1 aliphatic heterocycles. The predicted molar refractivity (Wildman–Crippen MR) is 108 cm³/mol. The molecule has 1 heterocycles. The molecule has 144 valence electrons. The zero-order valence-electron chi connectivity index (χ0n) is 15.2. The molecule has 7 heteroatoms. The molecule has 5 nitrogen and oxygen atoms in total. The monoisotopic (exact) mass is 406 g/mol. The molecule has 1 fully saturated rings. The normalized spacial score (nSPS) is 15.9. The molecule has 0 radical (unpaired) electrons. The van der Waals surface area contributed by atoms with Gasteiger partial charge < -0.3 is 5.32 Å². The summed E-state index contributed by atoms with van der Waals surface area (Å²) in [7, 11) is -3.64. The van der Waals surface area contributed by atoms with E-state index in [4.69, 9.17) is 11.6 Å². The molecule has 27 heavy (non-hydrogen) atoms. The number of halogens is 1. The molecule has 0 saturated carbocycles. The van der Waals surface area contributed by atoms with Gasteiger partial charge in [0.1, 0.15) is 0 Å². The number of aryl methyl sites for hydroxylation is 1. The topological polar surface area (TPSA) is 66.5 Å². The first-order chi connectivity index (χ1) is 12.9. The van der Waals surface area contributed by atoms with Crippen LogP contribution < -0.4 is 5.32 Å². The van der Waals surface area contributed by atoms with Gasteiger partial charge in [0.05, 0.1) is 15.5 Å². The van der Waals surface area contributed by atoms with Gasteiger partial charge in [0.15, 0.2) is 0 Å². The van der Waals surface area contributed by atoms with Crippen LogP contribution in [0.4, 0.5) is 5.69 Å². The van der Waals surface area contributed by atoms with Gasteiger partial charge in [-0.1, -0.05) is 42.1 Å². The minimum absolute atomic E-state index is 0.0999. The van der Waals surface area contributed by atoms with E-state index in [1.54, 1.807) is 12.1 Å². The lowest BCUT2D eigenvalue weighted by Gasteiger charge is -2.20. The Balaban J connectivity index is 1.86. The van der Waals surface area contributed by atoms with E-state index in [1.807, 2.05) is 19.1 Å². The maximum atomic E-state index is 13.0. The number of hydrogen-bond acceptors (Lipinski definition) is 3. The summed E-state index contributed by atoms with van der Waals surface area (Å²) in [6, 6.07) is 11.7. The van der Waals surface area contributed by atoms with Gasteiger partial charge in [0, 0.05) is 18.8 Å². The molecule has 0 aliphatic carbocycles. The lowest BCUT2D eigenvalue weighted by molar-refractivity contribution is 0.102. The van der Waals surface area contributed by atoms with Crippen LogP contribution >= 0.6 is 11.6 Å². The highest BCUT2D eigenvalue weighted by atomic mass is 35.5. The van der Waals surface area contributed by atoms with Crippen molar-refractivity contribution >= 4 is 33.2 Å². The molecule has 1 N–H and O–H groups in total. The Morgan fingerprint density at radius 2 is 1.63 bits per heavy atom. The summed E-state index contributed by atoms with van der Waals surface area (Å²) < 4.78 is 27.5. The molecule has 0 spiro atoms. The highest BCUT2D eigenvalue weighted by Gasteiger charge is 2.26. The quantitative estimate of drug-likeness (QED) is 0.814. The van der Waals surface area contributed by atoms with Crippen molar-refractivity contribution < 1.29 is 13.2 Å². The summed E-state index contributed by atoms with van der Waals surface area (Å²) in [5.74, 6) is -0.434. The summed E-state index contributed by atoms with van der Waals surface area (Å²) in [6.07, 6.45) is 3.79. The molecule has 1 saturated heterocycles. The smallest absolute Gasteiger partial charge is 0.257 e. The molecule has 2 aromatic rings. The van der Waals surface area contributed by atoms with Gasteiger partial charge in [-0.25, -0.2) is 8.42 Å². The molecular weight excluding hydrogens is 384 g/mol. The lowest BCUT2D eigenvalue weighted by atomic mass is 10.2. The Bertz CT molecular complexity index is 919. The molecule has 1 aliphatic rings. The summed E-state index contributed by atoms with van der Waals surface area (Å²) in [6.45, 7) is 2.98. The fourth-order valence-electron chi connectivity index (χ4n) is 3.11. The first kappa shape index (κ1) is 19.9. The highest BCUT2D eigenvalue weighted by Crippen LogP contribution is 2.25. The number of nitrogens with one attached hydrogen (secondary N) is 1. The number of benzene rings is 2. The van der Waals surface area contributed by atoms with Crippen LogP contribution in [0.5, 0.6) is 0 Å². The Morgan fingerprint density at radius 3 is 2.26 bits per heavy atom. The van der Waals surface area contributed by atoms with Gasteiger partial charge in [-0.2, -0.15) is 4.31 Å². The number of rotatable bonds is 4. The van der Waals surface area contributed by atoms with Gasteiger partial charge in [0.2, 0.25) is 10.0 Å². The predicted octanol–water partition coefficient (Wildman–Crippen LogP) is 4.47. The minimum Gasteiger partial charge on any atom is -0.322 e. The van der Waals surface area contributed by atoms with Crippen LogP contribution in [0.1, 0.15) is 41.6 Å². The van der Waals surface area contributed by atoms with E-state index in [0.29, 0.717) is 18.8 Å². The average molecular weight is 407 g/mol. The van der Waals surface area contributed by atoms with E-state index in [1.165, 1.54) is 22.5 Å². The Labute approximate surface area is 165 Å². The summed E-state index contributed by atoms with van der Waals surface area (Å²) >= 11 is 6.18. The molecule has 0 aromatic heterocycles. The van der Waals surface area contributed by atoms with Crippen LogP contribution in [0.3, 0.4) is 0 Å². The Hall–Kier alpha value is -1.89. The molecule has 2 aromatic carbocycles. The molecule has 0 bridgehead atoms. The van der Waals surface area contributed by atoms with E-state index in [0.717, 1.165) is 31.2 Å². The summed E-state index contributed by atoms with van der Waals surface area (Å²) in [5, 5.41) is 2.98. The summed E-state index contributed by atoms with van der Waals surface area (Å²) in [4.78, 5) is 12.7. The number of sulfonamides is 1. The number of carbonyl (C=O) groups is 1. The third-order valence-electron chi connectivity index (χ3n) is 4.69. The van der Waals surface area contributed by atoms with Crippen molar-refractivity contribution in [2.45, 2.75) is 37.5 Å². The zero-order valence-corrected chi connectivity index (χ0v) is 16.8. The van der Waals surface area contributed by atoms with Crippen molar-refractivity contribution in [3.63, 3.8) is 0 Å². The lowest BCUT2D eigenvalue weighted by Crippen LogP contribution is -2.32. The van der Waals surface area contributed by atoms with Crippen molar-refractivity contribution in [2.24, 2.45) is 0 Å². The van der Waals surface area contributed by atoms with Crippen LogP contribution in [-0.2, 0) is 10.0 Å². The SMILES string of the molecule is Cc1ccc(NC(=O)c2cc(S(=O)(=O)N3CCCCCC3)ccc2Cl)cc1. The molecule has 1 amide bonds. The van der Waals surface area contributed by atoms with E-state index < -0.39 is 15.9 Å². The van der Waals surface area contributed by atoms with Crippen molar-refractivity contribution in [2.75, 3.05) is 18.4 Å². The Morgan fingerprint density at radius 1 is 1.00 bits per heavy atom. The van der Waals surface area contributed by atoms with E-state index >= 15 is 0 Å². The van der Waals surface area contributed by atoms with Gasteiger partial charge in [-0.15, -0.1) is 0 Å². The van der Waals surface area contributed by atoms with Crippen molar-refractivity contribution in [1.29, 1.82) is 0 Å². The van der Waals surface area contributed by atoms with Crippen molar-refractivity contribution in [1.82, 2.24) is 4.31 Å². The van der Waals surface area contributed by atoms with Crippen molar-refractivity contribution in [3.8, 4) is 0 Å². The van der Waals surface area contributed by atoms with Crippen LogP contribution in [0.25, 0.3) is 0 Å². The van der Waals surface area contributed by atoms with Crippen LogP contribution in [0, 0.1) is 6.92 Å². The fraction of sp³-hybridized carbons (Fsp3) is 0.350. The third-order valence-corrected chi connectivity index (χ3v) is 6.92. The molecule has 0 atom stereocenters. The van der Waals surface area contributed by atoms with Crippen LogP contribution in [-0.4, -0.2) is 31.7 Å². The number of hydrogen-bond donors (Lipinski definition) is 1. The van der Waals surface area contributed by atoms with Crippen molar-refractivity contribution in [3.05, 3.63) is 58.6 Å². The second-order valence-electron chi connectivity index (χ2n) is 6.78. The van der Waals surface area contributed by atoms with Gasteiger partial charge in [0.25, 0.3) is 5.91 Å². The number of anilines is 1. The van der Waals surface area contributed by atoms with E-state index in [9.17, 15) is 13.2 Å². The minimum atomic E-state index is -3.64. The first-order valence-corrected chi connectivity index (χ1v) is 10.9. The van der Waals surface area contributed by atoms with Crippen LogP contribution in [0.2, 0.25) is 5.02 Å². The average Bonchev–Trinajstić information content (AvgIpc) is 2.94.